The van der Waals surface area contributed by atoms with Gasteiger partial charge in [0.15, 0.2) is 0 Å². The van der Waals surface area contributed by atoms with Crippen LogP contribution in [0.4, 0.5) is 0 Å². The number of fused-ring (bicyclic) bond motifs is 1. The van der Waals surface area contributed by atoms with Crippen molar-refractivity contribution in [1.82, 2.24) is 19.0 Å². The van der Waals surface area contributed by atoms with Crippen molar-refractivity contribution in [3.05, 3.63) is 80.2 Å². The van der Waals surface area contributed by atoms with Crippen molar-refractivity contribution < 1.29 is 4.79 Å². The molecule has 1 aromatic carbocycles. The van der Waals surface area contributed by atoms with Crippen molar-refractivity contribution in [2.75, 3.05) is 0 Å². The number of aryl methyl sites for hydroxylation is 1. The molecular formula is C20H18Cl2N4O2. The van der Waals surface area contributed by atoms with Crippen molar-refractivity contribution in [1.29, 1.82) is 0 Å². The maximum absolute atomic E-state index is 13.1. The van der Waals surface area contributed by atoms with Crippen LogP contribution in [-0.4, -0.2) is 31.0 Å². The number of amides is 1. The van der Waals surface area contributed by atoms with Gasteiger partial charge in [0.2, 0.25) is 0 Å². The minimum Gasteiger partial charge on any atom is -0.329 e. The Hall–Kier alpha value is -2.57. The van der Waals surface area contributed by atoms with Crippen molar-refractivity contribution in [2.24, 2.45) is 0 Å². The zero-order chi connectivity index (χ0) is 20.0. The van der Waals surface area contributed by atoms with E-state index in [1.165, 1.54) is 0 Å². The fourth-order valence-electron chi connectivity index (χ4n) is 3.46. The molecule has 0 radical (unpaired) electrons. The smallest absolute Gasteiger partial charge is 0.275 e. The average Bonchev–Trinajstić information content (AvgIpc) is 3.08. The SMILES string of the molecule is Cc1cn(-c2ccc3n(c2=O)C[C@@H](C)N(Cc2ccc(Cl)c(Cl)c2)C3=O)cn1. The van der Waals surface area contributed by atoms with Gasteiger partial charge in [-0.1, -0.05) is 29.3 Å². The topological polar surface area (TPSA) is 60.1 Å². The molecule has 144 valence electrons. The molecule has 6 nitrogen and oxygen atoms in total. The van der Waals surface area contributed by atoms with Gasteiger partial charge in [0.25, 0.3) is 11.5 Å². The number of carbonyl (C=O) groups is 1. The van der Waals surface area contributed by atoms with Crippen LogP contribution in [0.5, 0.6) is 0 Å². The molecule has 0 saturated heterocycles. The van der Waals surface area contributed by atoms with Crippen molar-refractivity contribution >= 4 is 29.1 Å². The first-order valence-electron chi connectivity index (χ1n) is 8.85. The molecule has 1 aliphatic rings. The number of halogens is 2. The molecule has 4 rings (SSSR count). The first-order valence-corrected chi connectivity index (χ1v) is 9.60. The van der Waals surface area contributed by atoms with E-state index in [2.05, 4.69) is 4.98 Å². The minimum atomic E-state index is -0.204. The molecule has 0 N–H and O–H groups in total. The standard InChI is InChI=1S/C20H18Cl2N4O2/c1-12-8-24(11-23-12)17-5-6-18-20(28)25(13(2)9-26(18)19(17)27)10-14-3-4-15(21)16(22)7-14/h3-8,11,13H,9-10H2,1-2H3/t13-/m1/s1. The van der Waals surface area contributed by atoms with E-state index in [1.807, 2.05) is 19.9 Å². The molecule has 28 heavy (non-hydrogen) atoms. The molecule has 0 saturated carbocycles. The van der Waals surface area contributed by atoms with Gasteiger partial charge in [-0.25, -0.2) is 4.98 Å². The van der Waals surface area contributed by atoms with Gasteiger partial charge in [-0.3, -0.25) is 9.59 Å². The molecule has 0 unspecified atom stereocenters. The normalized spacial score (nSPS) is 16.4. The molecule has 8 heteroatoms. The summed E-state index contributed by atoms with van der Waals surface area (Å²) in [7, 11) is 0. The zero-order valence-electron chi connectivity index (χ0n) is 15.4. The monoisotopic (exact) mass is 416 g/mol. The van der Waals surface area contributed by atoms with Crippen LogP contribution in [0, 0.1) is 6.92 Å². The number of aromatic nitrogens is 3. The summed E-state index contributed by atoms with van der Waals surface area (Å²) >= 11 is 12.1. The fraction of sp³-hybridized carbons (Fsp3) is 0.250. The van der Waals surface area contributed by atoms with Gasteiger partial charge >= 0.3 is 0 Å². The number of imidazole rings is 1. The highest BCUT2D eigenvalue weighted by molar-refractivity contribution is 6.42. The highest BCUT2D eigenvalue weighted by Crippen LogP contribution is 2.25. The van der Waals surface area contributed by atoms with Crippen molar-refractivity contribution in [3.8, 4) is 5.69 Å². The molecule has 0 aliphatic carbocycles. The van der Waals surface area contributed by atoms with Crippen LogP contribution in [0.3, 0.4) is 0 Å². The van der Waals surface area contributed by atoms with E-state index >= 15 is 0 Å². The molecule has 2 aromatic heterocycles. The Bertz CT molecular complexity index is 1140. The van der Waals surface area contributed by atoms with Gasteiger partial charge in [0, 0.05) is 25.3 Å². The van der Waals surface area contributed by atoms with Crippen LogP contribution in [0.15, 0.2) is 47.7 Å². The molecule has 3 heterocycles. The second-order valence-corrected chi connectivity index (χ2v) is 7.79. The Morgan fingerprint density at radius 1 is 1.14 bits per heavy atom. The Kier molecular flexibility index (Phi) is 4.77. The molecule has 1 aliphatic heterocycles. The van der Waals surface area contributed by atoms with Crippen molar-refractivity contribution in [3.63, 3.8) is 0 Å². The average molecular weight is 417 g/mol. The van der Waals surface area contributed by atoms with Crippen LogP contribution in [0.1, 0.15) is 28.7 Å². The van der Waals surface area contributed by atoms with E-state index in [9.17, 15) is 9.59 Å². The Morgan fingerprint density at radius 2 is 1.93 bits per heavy atom. The summed E-state index contributed by atoms with van der Waals surface area (Å²) in [5, 5.41) is 0.927. The van der Waals surface area contributed by atoms with Crippen LogP contribution in [0.2, 0.25) is 10.0 Å². The number of hydrogen-bond acceptors (Lipinski definition) is 3. The lowest BCUT2D eigenvalue weighted by molar-refractivity contribution is 0.0590. The first-order chi connectivity index (χ1) is 13.3. The molecule has 0 fully saturated rings. The molecule has 0 bridgehead atoms. The minimum absolute atomic E-state index is 0.146. The first kappa shape index (κ1) is 18.8. The third kappa shape index (κ3) is 3.23. The lowest BCUT2D eigenvalue weighted by atomic mass is 10.1. The van der Waals surface area contributed by atoms with E-state index in [0.717, 1.165) is 11.3 Å². The van der Waals surface area contributed by atoms with Crippen LogP contribution in [0.25, 0.3) is 5.69 Å². The highest BCUT2D eigenvalue weighted by atomic mass is 35.5. The number of nitrogens with zero attached hydrogens (tertiary/aromatic N) is 4. The quantitative estimate of drug-likeness (QED) is 0.653. The van der Waals surface area contributed by atoms with Crippen LogP contribution < -0.4 is 5.56 Å². The zero-order valence-corrected chi connectivity index (χ0v) is 16.9. The van der Waals surface area contributed by atoms with Crippen LogP contribution in [-0.2, 0) is 13.1 Å². The van der Waals surface area contributed by atoms with Gasteiger partial charge in [-0.05, 0) is 43.7 Å². The van der Waals surface area contributed by atoms with Crippen LogP contribution >= 0.6 is 23.2 Å². The Morgan fingerprint density at radius 3 is 2.61 bits per heavy atom. The summed E-state index contributed by atoms with van der Waals surface area (Å²) in [6.45, 7) is 4.61. The molecule has 3 aromatic rings. The number of benzene rings is 1. The van der Waals surface area contributed by atoms with Gasteiger partial charge in [-0.2, -0.15) is 0 Å². The number of hydrogen-bond donors (Lipinski definition) is 0. The van der Waals surface area contributed by atoms with E-state index in [4.69, 9.17) is 23.2 Å². The fourth-order valence-corrected chi connectivity index (χ4v) is 3.78. The van der Waals surface area contributed by atoms with Gasteiger partial charge < -0.3 is 14.0 Å². The van der Waals surface area contributed by atoms with Gasteiger partial charge in [0.05, 0.1) is 22.1 Å². The Labute approximate surface area is 171 Å². The van der Waals surface area contributed by atoms with E-state index < -0.39 is 0 Å². The number of carbonyl (C=O) groups excluding carboxylic acids is 1. The van der Waals surface area contributed by atoms with E-state index in [0.29, 0.717) is 34.5 Å². The summed E-state index contributed by atoms with van der Waals surface area (Å²) in [6, 6.07) is 8.54. The van der Waals surface area contributed by atoms with E-state index in [1.54, 1.807) is 50.8 Å². The number of rotatable bonds is 3. The molecule has 0 spiro atoms. The summed E-state index contributed by atoms with van der Waals surface area (Å²) in [5.74, 6) is -0.185. The lowest BCUT2D eigenvalue weighted by Gasteiger charge is -2.35. The summed E-state index contributed by atoms with van der Waals surface area (Å²) in [6.07, 6.45) is 3.39. The second-order valence-electron chi connectivity index (χ2n) is 6.97. The third-order valence-corrected chi connectivity index (χ3v) is 5.68. The maximum atomic E-state index is 13.1. The Balaban J connectivity index is 1.68. The predicted molar refractivity (Wildman–Crippen MR) is 108 cm³/mol. The molecule has 1 atom stereocenters. The highest BCUT2D eigenvalue weighted by Gasteiger charge is 2.31. The van der Waals surface area contributed by atoms with Gasteiger partial charge in [-0.15, -0.1) is 0 Å². The largest absolute Gasteiger partial charge is 0.329 e. The maximum Gasteiger partial charge on any atom is 0.275 e. The summed E-state index contributed by atoms with van der Waals surface area (Å²) in [4.78, 5) is 32.0. The summed E-state index contributed by atoms with van der Waals surface area (Å²) in [5.41, 5.74) is 2.35. The van der Waals surface area contributed by atoms with Crippen molar-refractivity contribution in [2.45, 2.75) is 33.0 Å². The van der Waals surface area contributed by atoms with Gasteiger partial charge in [0.1, 0.15) is 11.4 Å². The predicted octanol–water partition coefficient (Wildman–Crippen LogP) is 3.69. The van der Waals surface area contributed by atoms with E-state index in [-0.39, 0.29) is 17.5 Å². The second kappa shape index (κ2) is 7.11. The summed E-state index contributed by atoms with van der Waals surface area (Å²) < 4.78 is 3.23. The third-order valence-electron chi connectivity index (χ3n) is 4.94. The lowest BCUT2D eigenvalue weighted by Crippen LogP contribution is -2.49. The molecule has 1 amide bonds. The molecular weight excluding hydrogens is 399 g/mol. The number of pyridine rings is 1.